The minimum atomic E-state index is -1.37. The van der Waals surface area contributed by atoms with Crippen molar-refractivity contribution in [1.82, 2.24) is 10.2 Å². The van der Waals surface area contributed by atoms with Crippen LogP contribution in [0.15, 0.2) is 24.3 Å². The Balaban J connectivity index is 2.53. The standard InChI is InChI=1S/C15H19FN2O4/c1-15(2,14(21)22)18(3)13(20)9-17-12(19)8-10-5-4-6-11(16)7-10/h4-7H,8-9H2,1-3H3,(H,17,19)(H,21,22). The fourth-order valence-electron chi connectivity index (χ4n) is 1.64. The average molecular weight is 310 g/mol. The summed E-state index contributed by atoms with van der Waals surface area (Å²) in [7, 11) is 1.36. The van der Waals surface area contributed by atoms with E-state index in [1.165, 1.54) is 39.1 Å². The summed E-state index contributed by atoms with van der Waals surface area (Å²) < 4.78 is 13.0. The number of nitrogens with zero attached hydrogens (tertiary/aromatic N) is 1. The van der Waals surface area contributed by atoms with Crippen LogP contribution in [0.3, 0.4) is 0 Å². The predicted molar refractivity (Wildman–Crippen MR) is 77.6 cm³/mol. The molecule has 0 spiro atoms. The monoisotopic (exact) mass is 310 g/mol. The van der Waals surface area contributed by atoms with Gasteiger partial charge in [0.2, 0.25) is 11.8 Å². The van der Waals surface area contributed by atoms with Crippen LogP contribution >= 0.6 is 0 Å². The van der Waals surface area contributed by atoms with Crippen molar-refractivity contribution in [2.24, 2.45) is 0 Å². The summed E-state index contributed by atoms with van der Waals surface area (Å²) in [5.74, 6) is -2.56. The van der Waals surface area contributed by atoms with Crippen LogP contribution in [-0.4, -0.2) is 46.9 Å². The molecule has 0 aliphatic rings. The second-order valence-corrected chi connectivity index (χ2v) is 5.40. The van der Waals surface area contributed by atoms with E-state index in [2.05, 4.69) is 5.32 Å². The van der Waals surface area contributed by atoms with E-state index in [0.717, 1.165) is 4.90 Å². The van der Waals surface area contributed by atoms with Crippen LogP contribution in [0.25, 0.3) is 0 Å². The van der Waals surface area contributed by atoms with Crippen molar-refractivity contribution >= 4 is 17.8 Å². The summed E-state index contributed by atoms with van der Waals surface area (Å²) >= 11 is 0. The van der Waals surface area contributed by atoms with Crippen molar-refractivity contribution in [2.75, 3.05) is 13.6 Å². The van der Waals surface area contributed by atoms with Crippen LogP contribution in [0, 0.1) is 5.82 Å². The maximum atomic E-state index is 13.0. The lowest BCUT2D eigenvalue weighted by atomic mass is 10.0. The molecule has 0 unspecified atom stereocenters. The van der Waals surface area contributed by atoms with E-state index in [9.17, 15) is 18.8 Å². The molecular weight excluding hydrogens is 291 g/mol. The zero-order chi connectivity index (χ0) is 16.9. The lowest BCUT2D eigenvalue weighted by Gasteiger charge is -2.31. The van der Waals surface area contributed by atoms with Gasteiger partial charge in [-0.15, -0.1) is 0 Å². The molecule has 0 saturated carbocycles. The molecule has 0 aliphatic heterocycles. The number of aliphatic carboxylic acids is 1. The van der Waals surface area contributed by atoms with E-state index in [4.69, 9.17) is 5.11 Å². The number of hydrogen-bond acceptors (Lipinski definition) is 3. The van der Waals surface area contributed by atoms with Gasteiger partial charge < -0.3 is 15.3 Å². The second-order valence-electron chi connectivity index (χ2n) is 5.40. The first-order valence-electron chi connectivity index (χ1n) is 6.65. The molecule has 2 amide bonds. The van der Waals surface area contributed by atoms with Crippen LogP contribution in [0.5, 0.6) is 0 Å². The van der Waals surface area contributed by atoms with Gasteiger partial charge in [0.1, 0.15) is 11.4 Å². The second kappa shape index (κ2) is 7.02. The number of amides is 2. The zero-order valence-corrected chi connectivity index (χ0v) is 12.7. The number of benzene rings is 1. The van der Waals surface area contributed by atoms with Gasteiger partial charge in [-0.2, -0.15) is 0 Å². The quantitative estimate of drug-likeness (QED) is 0.814. The molecule has 2 N–H and O–H groups in total. The topological polar surface area (TPSA) is 86.7 Å². The van der Waals surface area contributed by atoms with Crippen molar-refractivity contribution in [2.45, 2.75) is 25.8 Å². The number of carboxylic acid groups (broad SMARTS) is 1. The summed E-state index contributed by atoms with van der Waals surface area (Å²) in [5.41, 5.74) is -0.881. The van der Waals surface area contributed by atoms with Crippen molar-refractivity contribution in [3.63, 3.8) is 0 Å². The minimum absolute atomic E-state index is 0.0585. The lowest BCUT2D eigenvalue weighted by molar-refractivity contribution is -0.155. The average Bonchev–Trinajstić information content (AvgIpc) is 2.43. The largest absolute Gasteiger partial charge is 0.480 e. The number of carbonyl (C=O) groups is 3. The number of nitrogens with one attached hydrogen (secondary N) is 1. The molecule has 0 bridgehead atoms. The smallest absolute Gasteiger partial charge is 0.329 e. The van der Waals surface area contributed by atoms with Gasteiger partial charge in [0.05, 0.1) is 13.0 Å². The van der Waals surface area contributed by atoms with E-state index < -0.39 is 29.1 Å². The Morgan fingerprint density at radius 1 is 1.32 bits per heavy atom. The Morgan fingerprint density at radius 3 is 2.50 bits per heavy atom. The Hall–Kier alpha value is -2.44. The SMILES string of the molecule is CN(C(=O)CNC(=O)Cc1cccc(F)c1)C(C)(C)C(=O)O. The fourth-order valence-corrected chi connectivity index (χ4v) is 1.64. The van der Waals surface area contributed by atoms with Gasteiger partial charge in [0, 0.05) is 7.05 Å². The number of carbonyl (C=O) groups excluding carboxylic acids is 2. The molecule has 22 heavy (non-hydrogen) atoms. The number of likely N-dealkylation sites (N-methyl/N-ethyl adjacent to an activating group) is 1. The first-order valence-corrected chi connectivity index (χ1v) is 6.65. The molecule has 0 saturated heterocycles. The molecule has 0 fully saturated rings. The Labute approximate surface area is 127 Å². The molecule has 0 aliphatic carbocycles. The van der Waals surface area contributed by atoms with Crippen LogP contribution in [0.4, 0.5) is 4.39 Å². The fraction of sp³-hybridized carbons (Fsp3) is 0.400. The molecule has 0 radical (unpaired) electrons. The molecule has 7 heteroatoms. The van der Waals surface area contributed by atoms with Gasteiger partial charge in [-0.05, 0) is 31.5 Å². The molecule has 1 rings (SSSR count). The highest BCUT2D eigenvalue weighted by atomic mass is 19.1. The lowest BCUT2D eigenvalue weighted by Crippen LogP contribution is -2.53. The summed E-state index contributed by atoms with van der Waals surface area (Å²) in [4.78, 5) is 35.7. The summed E-state index contributed by atoms with van der Waals surface area (Å²) in [6, 6.07) is 5.60. The normalized spacial score (nSPS) is 10.9. The van der Waals surface area contributed by atoms with Crippen molar-refractivity contribution < 1.29 is 23.9 Å². The minimum Gasteiger partial charge on any atom is -0.480 e. The first kappa shape index (κ1) is 17.6. The Morgan fingerprint density at radius 2 is 1.95 bits per heavy atom. The van der Waals surface area contributed by atoms with E-state index in [1.807, 2.05) is 0 Å². The molecule has 0 atom stereocenters. The highest BCUT2D eigenvalue weighted by Gasteiger charge is 2.34. The highest BCUT2D eigenvalue weighted by Crippen LogP contribution is 2.12. The number of carboxylic acids is 1. The number of halogens is 1. The zero-order valence-electron chi connectivity index (χ0n) is 12.7. The van der Waals surface area contributed by atoms with E-state index in [-0.39, 0.29) is 13.0 Å². The Kier molecular flexibility index (Phi) is 5.62. The molecule has 1 aromatic rings. The van der Waals surface area contributed by atoms with Crippen LogP contribution < -0.4 is 5.32 Å². The number of hydrogen-bond donors (Lipinski definition) is 2. The molecule has 0 heterocycles. The van der Waals surface area contributed by atoms with Gasteiger partial charge in [-0.3, -0.25) is 9.59 Å². The molecule has 120 valence electrons. The van der Waals surface area contributed by atoms with Crippen molar-refractivity contribution in [3.8, 4) is 0 Å². The van der Waals surface area contributed by atoms with E-state index in [1.54, 1.807) is 6.07 Å². The maximum Gasteiger partial charge on any atom is 0.329 e. The van der Waals surface area contributed by atoms with Gasteiger partial charge in [-0.1, -0.05) is 12.1 Å². The van der Waals surface area contributed by atoms with Crippen molar-refractivity contribution in [3.05, 3.63) is 35.6 Å². The van der Waals surface area contributed by atoms with Crippen LogP contribution in [0.2, 0.25) is 0 Å². The third-order valence-corrected chi connectivity index (χ3v) is 3.43. The van der Waals surface area contributed by atoms with Crippen LogP contribution in [0.1, 0.15) is 19.4 Å². The third kappa shape index (κ3) is 4.54. The summed E-state index contributed by atoms with van der Waals surface area (Å²) in [5, 5.41) is 11.4. The number of rotatable bonds is 6. The maximum absolute atomic E-state index is 13.0. The van der Waals surface area contributed by atoms with Crippen LogP contribution in [-0.2, 0) is 20.8 Å². The third-order valence-electron chi connectivity index (χ3n) is 3.43. The van der Waals surface area contributed by atoms with Gasteiger partial charge in [0.15, 0.2) is 0 Å². The van der Waals surface area contributed by atoms with E-state index >= 15 is 0 Å². The van der Waals surface area contributed by atoms with E-state index in [0.29, 0.717) is 5.56 Å². The summed E-state index contributed by atoms with van der Waals surface area (Å²) in [6.07, 6.45) is -0.0585. The Bertz CT molecular complexity index is 587. The van der Waals surface area contributed by atoms with Gasteiger partial charge >= 0.3 is 5.97 Å². The predicted octanol–water partition coefficient (Wildman–Crippen LogP) is 0.806. The first-order chi connectivity index (χ1) is 10.1. The molecular formula is C15H19FN2O4. The van der Waals surface area contributed by atoms with Gasteiger partial charge in [-0.25, -0.2) is 9.18 Å². The summed E-state index contributed by atoms with van der Waals surface area (Å²) in [6.45, 7) is 2.46. The molecule has 1 aromatic carbocycles. The highest BCUT2D eigenvalue weighted by molar-refractivity contribution is 5.89. The van der Waals surface area contributed by atoms with Gasteiger partial charge in [0.25, 0.3) is 0 Å². The molecule has 6 nitrogen and oxygen atoms in total. The van der Waals surface area contributed by atoms with Crippen molar-refractivity contribution in [1.29, 1.82) is 0 Å². The molecule has 0 aromatic heterocycles.